The first-order valence-corrected chi connectivity index (χ1v) is 6.33. The first-order valence-electron chi connectivity index (χ1n) is 3.57. The number of esters is 2. The molecule has 0 spiro atoms. The molecule has 1 aromatic rings. The predicted molar refractivity (Wildman–Crippen MR) is 64.3 cm³/mol. The van der Waals surface area contributed by atoms with E-state index in [2.05, 4.69) is 52.5 Å². The van der Waals surface area contributed by atoms with Crippen molar-refractivity contribution in [2.24, 2.45) is 0 Å². The summed E-state index contributed by atoms with van der Waals surface area (Å²) in [5, 5.41) is 0.163. The summed E-state index contributed by atoms with van der Waals surface area (Å²) < 4.78 is 5.99. The lowest BCUT2D eigenvalue weighted by Crippen LogP contribution is -1.97. The molecule has 78 valence electrons. The van der Waals surface area contributed by atoms with E-state index in [4.69, 9.17) is 11.6 Å². The Morgan fingerprint density at radius 2 is 1.40 bits per heavy atom. The van der Waals surface area contributed by atoms with E-state index in [9.17, 15) is 9.59 Å². The molecule has 1 aromatic carbocycles. The fraction of sp³-hybridized carbons (Fsp3) is 0. The Morgan fingerprint density at radius 3 is 2.00 bits per heavy atom. The molecule has 0 unspecified atom stereocenters. The largest absolute Gasteiger partial charge is 0.386 e. The Bertz CT molecular complexity index is 468. The molecule has 3 nitrogen and oxygen atoms in total. The highest BCUT2D eigenvalue weighted by molar-refractivity contribution is 9.14. The zero-order valence-electron chi connectivity index (χ0n) is 6.74. The number of hydrogen-bond acceptors (Lipinski definition) is 3. The molecule has 0 atom stereocenters. The number of fused-ring (bicyclic) bond motifs is 1. The lowest BCUT2D eigenvalue weighted by atomic mass is 10.1. The maximum Gasteiger partial charge on any atom is 0.348 e. The molecular weight excluding hydrogens is 419 g/mol. The first kappa shape index (κ1) is 11.6. The SMILES string of the molecule is O=C1OC(=O)c2c(Br)c(Br)c(Br)c(Cl)c21. The highest BCUT2D eigenvalue weighted by Crippen LogP contribution is 2.44. The lowest BCUT2D eigenvalue weighted by Gasteiger charge is -2.05. The van der Waals surface area contributed by atoms with E-state index in [-0.39, 0.29) is 16.1 Å². The molecular formula is C8Br3ClO3. The molecule has 0 saturated carbocycles. The van der Waals surface area contributed by atoms with Gasteiger partial charge in [-0.15, -0.1) is 0 Å². The Morgan fingerprint density at radius 1 is 0.867 bits per heavy atom. The fourth-order valence-corrected chi connectivity index (χ4v) is 3.20. The normalized spacial score (nSPS) is 14.1. The predicted octanol–water partition coefficient (Wildman–Crippen LogP) is 3.94. The van der Waals surface area contributed by atoms with Crippen LogP contribution in [0.15, 0.2) is 13.4 Å². The van der Waals surface area contributed by atoms with Crippen molar-refractivity contribution in [3.8, 4) is 0 Å². The number of hydrogen-bond donors (Lipinski definition) is 0. The third-order valence-electron chi connectivity index (χ3n) is 1.86. The zero-order valence-corrected chi connectivity index (χ0v) is 12.3. The van der Waals surface area contributed by atoms with Crippen molar-refractivity contribution < 1.29 is 14.3 Å². The topological polar surface area (TPSA) is 43.4 Å². The minimum atomic E-state index is -0.728. The second-order valence-electron chi connectivity index (χ2n) is 2.68. The van der Waals surface area contributed by atoms with E-state index in [0.29, 0.717) is 13.4 Å². The van der Waals surface area contributed by atoms with Gasteiger partial charge in [-0.25, -0.2) is 9.59 Å². The second kappa shape index (κ2) is 3.84. The molecule has 0 fully saturated rings. The molecule has 0 N–H and O–H groups in total. The summed E-state index contributed by atoms with van der Waals surface area (Å²) in [5.41, 5.74) is 0.240. The Kier molecular flexibility index (Phi) is 2.96. The van der Waals surface area contributed by atoms with Crippen molar-refractivity contribution in [3.63, 3.8) is 0 Å². The van der Waals surface area contributed by atoms with Gasteiger partial charge in [0.05, 0.1) is 20.6 Å². The summed E-state index contributed by atoms with van der Waals surface area (Å²) in [6.07, 6.45) is 0. The Balaban J connectivity index is 2.92. The Hall–Kier alpha value is 0.0900. The lowest BCUT2D eigenvalue weighted by molar-refractivity contribution is 0.0443. The van der Waals surface area contributed by atoms with Gasteiger partial charge in [-0.1, -0.05) is 11.6 Å². The van der Waals surface area contributed by atoms with E-state index in [1.807, 2.05) is 0 Å². The molecule has 1 aliphatic heterocycles. The number of cyclic esters (lactones) is 2. The van der Waals surface area contributed by atoms with E-state index in [0.717, 1.165) is 0 Å². The molecule has 1 aliphatic rings. The molecule has 0 amide bonds. The van der Waals surface area contributed by atoms with E-state index < -0.39 is 11.9 Å². The highest BCUT2D eigenvalue weighted by atomic mass is 79.9. The summed E-state index contributed by atoms with van der Waals surface area (Å²) in [6, 6.07) is 0. The number of carbonyl (C=O) groups is 2. The molecule has 2 rings (SSSR count). The van der Waals surface area contributed by atoms with Crippen LogP contribution in [-0.4, -0.2) is 11.9 Å². The van der Waals surface area contributed by atoms with Crippen molar-refractivity contribution >= 4 is 71.3 Å². The number of rotatable bonds is 0. The number of halogens is 4. The van der Waals surface area contributed by atoms with E-state index in [1.54, 1.807) is 0 Å². The third-order valence-corrected chi connectivity index (χ3v) is 5.91. The van der Waals surface area contributed by atoms with Crippen LogP contribution in [0.2, 0.25) is 5.02 Å². The van der Waals surface area contributed by atoms with Crippen LogP contribution in [-0.2, 0) is 4.74 Å². The molecule has 0 aromatic heterocycles. The van der Waals surface area contributed by atoms with Crippen molar-refractivity contribution in [1.82, 2.24) is 0 Å². The molecule has 0 aliphatic carbocycles. The molecule has 0 bridgehead atoms. The van der Waals surface area contributed by atoms with Gasteiger partial charge in [-0.2, -0.15) is 0 Å². The summed E-state index contributed by atoms with van der Waals surface area (Å²) in [5.74, 6) is -1.43. The average molecular weight is 419 g/mol. The standard InChI is InChI=1S/C8Br3ClO3/c9-3-1-2(8(14)15-7(1)13)6(12)5(11)4(3)10. The highest BCUT2D eigenvalue weighted by Gasteiger charge is 2.37. The number of carbonyl (C=O) groups excluding carboxylic acids is 2. The minimum Gasteiger partial charge on any atom is -0.386 e. The maximum atomic E-state index is 11.3. The van der Waals surface area contributed by atoms with Crippen LogP contribution in [0.3, 0.4) is 0 Å². The van der Waals surface area contributed by atoms with Gasteiger partial charge in [0.2, 0.25) is 0 Å². The quantitative estimate of drug-likeness (QED) is 0.277. The van der Waals surface area contributed by atoms with Crippen LogP contribution < -0.4 is 0 Å². The van der Waals surface area contributed by atoms with Gasteiger partial charge in [0.1, 0.15) is 0 Å². The van der Waals surface area contributed by atoms with E-state index in [1.165, 1.54) is 0 Å². The van der Waals surface area contributed by atoms with Gasteiger partial charge >= 0.3 is 11.9 Å². The van der Waals surface area contributed by atoms with Crippen molar-refractivity contribution in [2.45, 2.75) is 0 Å². The van der Waals surface area contributed by atoms with Crippen LogP contribution in [0, 0.1) is 0 Å². The van der Waals surface area contributed by atoms with Crippen LogP contribution in [0.5, 0.6) is 0 Å². The van der Waals surface area contributed by atoms with Gasteiger partial charge in [0.25, 0.3) is 0 Å². The summed E-state index contributed by atoms with van der Waals surface area (Å²) in [6.45, 7) is 0. The van der Waals surface area contributed by atoms with Crippen LogP contribution >= 0.6 is 59.4 Å². The monoisotopic (exact) mass is 416 g/mol. The molecule has 0 radical (unpaired) electrons. The van der Waals surface area contributed by atoms with Crippen molar-refractivity contribution in [3.05, 3.63) is 29.6 Å². The van der Waals surface area contributed by atoms with Crippen LogP contribution in [0.1, 0.15) is 20.7 Å². The second-order valence-corrected chi connectivity index (χ2v) is 5.44. The zero-order chi connectivity index (χ0) is 11.3. The van der Waals surface area contributed by atoms with Gasteiger partial charge in [-0.05, 0) is 47.8 Å². The number of benzene rings is 1. The minimum absolute atomic E-state index is 0.0867. The summed E-state index contributed by atoms with van der Waals surface area (Å²) in [7, 11) is 0. The van der Waals surface area contributed by atoms with Crippen molar-refractivity contribution in [1.29, 1.82) is 0 Å². The van der Waals surface area contributed by atoms with Gasteiger partial charge in [-0.3, -0.25) is 0 Å². The first-order chi connectivity index (χ1) is 6.95. The summed E-state index contributed by atoms with van der Waals surface area (Å²) >= 11 is 15.6. The van der Waals surface area contributed by atoms with Gasteiger partial charge in [0.15, 0.2) is 0 Å². The van der Waals surface area contributed by atoms with Crippen molar-refractivity contribution in [2.75, 3.05) is 0 Å². The van der Waals surface area contributed by atoms with Gasteiger partial charge in [0, 0.05) is 8.95 Å². The third kappa shape index (κ3) is 1.58. The fourth-order valence-electron chi connectivity index (χ4n) is 1.20. The van der Waals surface area contributed by atoms with Gasteiger partial charge < -0.3 is 4.74 Å². The molecule has 0 saturated heterocycles. The van der Waals surface area contributed by atoms with Crippen LogP contribution in [0.25, 0.3) is 0 Å². The molecule has 15 heavy (non-hydrogen) atoms. The average Bonchev–Trinajstić information content (AvgIpc) is 2.47. The molecule has 1 heterocycles. The summed E-state index contributed by atoms with van der Waals surface area (Å²) in [4.78, 5) is 22.7. The maximum absolute atomic E-state index is 11.3. The Labute approximate surface area is 114 Å². The van der Waals surface area contributed by atoms with Crippen LogP contribution in [0.4, 0.5) is 0 Å². The number of ether oxygens (including phenoxy) is 1. The molecule has 7 heteroatoms. The smallest absolute Gasteiger partial charge is 0.348 e. The van der Waals surface area contributed by atoms with E-state index >= 15 is 0 Å².